The van der Waals surface area contributed by atoms with Crippen LogP contribution in [0, 0.1) is 11.8 Å². The molecule has 0 amide bonds. The Kier molecular flexibility index (Phi) is 15.7. The molecule has 5 heteroatoms. The van der Waals surface area contributed by atoms with Gasteiger partial charge in [0.05, 0.1) is 0 Å². The van der Waals surface area contributed by atoms with E-state index in [-0.39, 0.29) is 32.9 Å². The Labute approximate surface area is 105 Å². The van der Waals surface area contributed by atoms with Gasteiger partial charge in [0.25, 0.3) is 0 Å². The van der Waals surface area contributed by atoms with Crippen molar-refractivity contribution >= 4 is 11.9 Å². The van der Waals surface area contributed by atoms with Gasteiger partial charge in [-0.25, -0.2) is 0 Å². The molecule has 92 valence electrons. The number of aliphatic carboxylic acids is 2. The molecule has 0 spiro atoms. The van der Waals surface area contributed by atoms with Gasteiger partial charge in [-0.05, 0) is 24.7 Å². The van der Waals surface area contributed by atoms with E-state index in [2.05, 4.69) is 0 Å². The molecule has 0 rings (SSSR count). The Bertz CT molecular complexity index is 162. The van der Waals surface area contributed by atoms with Crippen LogP contribution in [0.15, 0.2) is 0 Å². The summed E-state index contributed by atoms with van der Waals surface area (Å²) >= 11 is 0. The second-order valence-corrected chi connectivity index (χ2v) is 3.26. The second kappa shape index (κ2) is 11.7. The number of carboxylic acids is 2. The zero-order valence-electron chi connectivity index (χ0n) is 9.52. The molecule has 0 aromatic heterocycles. The molecule has 0 aromatic rings. The SMILES string of the molecule is CCC(C)C(=O)[O-].CCC(C)C(=O)[O-].[Pt+2]. The average molecular weight is 397 g/mol. The van der Waals surface area contributed by atoms with E-state index in [9.17, 15) is 19.8 Å². The van der Waals surface area contributed by atoms with E-state index in [1.807, 2.05) is 13.8 Å². The van der Waals surface area contributed by atoms with Gasteiger partial charge in [-0.15, -0.1) is 0 Å². The van der Waals surface area contributed by atoms with Crippen LogP contribution in [0.25, 0.3) is 0 Å². The fourth-order valence-corrected chi connectivity index (χ4v) is 0.333. The van der Waals surface area contributed by atoms with Gasteiger partial charge in [0.2, 0.25) is 0 Å². The predicted molar refractivity (Wildman–Crippen MR) is 48.9 cm³/mol. The molecule has 0 bridgehead atoms. The van der Waals surface area contributed by atoms with Crippen molar-refractivity contribution in [2.75, 3.05) is 0 Å². The zero-order chi connectivity index (χ0) is 11.7. The average Bonchev–Trinajstić information content (AvgIpc) is 2.15. The molecule has 0 aromatic carbocycles. The normalized spacial score (nSPS) is 12.5. The Morgan fingerprint density at radius 2 is 1.13 bits per heavy atom. The standard InChI is InChI=1S/2C5H10O2.Pt/c2*1-3-4(2)5(6)7;/h2*4H,3H2,1-2H3,(H,6,7);/q;;+2/p-2. The number of carbonyl (C=O) groups excluding carboxylic acids is 2. The predicted octanol–water partition coefficient (Wildman–Crippen LogP) is -0.438. The Morgan fingerprint density at radius 1 is 0.933 bits per heavy atom. The van der Waals surface area contributed by atoms with Crippen LogP contribution in [-0.4, -0.2) is 11.9 Å². The molecule has 4 nitrogen and oxygen atoms in total. The molecule has 0 aliphatic carbocycles. The van der Waals surface area contributed by atoms with Gasteiger partial charge in [0.15, 0.2) is 0 Å². The van der Waals surface area contributed by atoms with Crippen LogP contribution >= 0.6 is 0 Å². The monoisotopic (exact) mass is 397 g/mol. The molecule has 0 saturated carbocycles. The van der Waals surface area contributed by atoms with E-state index < -0.39 is 11.9 Å². The van der Waals surface area contributed by atoms with Crippen molar-refractivity contribution in [2.24, 2.45) is 11.8 Å². The fourth-order valence-electron chi connectivity index (χ4n) is 0.333. The zero-order valence-corrected chi connectivity index (χ0v) is 11.8. The smallest absolute Gasteiger partial charge is 0.550 e. The Hall–Kier alpha value is -0.372. The van der Waals surface area contributed by atoms with Crippen LogP contribution in [0.3, 0.4) is 0 Å². The van der Waals surface area contributed by atoms with Gasteiger partial charge in [0.1, 0.15) is 0 Å². The largest absolute Gasteiger partial charge is 2.00 e. The van der Waals surface area contributed by atoms with Crippen molar-refractivity contribution in [3.05, 3.63) is 0 Å². The molecule has 0 N–H and O–H groups in total. The Morgan fingerprint density at radius 3 is 1.13 bits per heavy atom. The first-order valence-corrected chi connectivity index (χ1v) is 4.78. The molecule has 0 aliphatic heterocycles. The van der Waals surface area contributed by atoms with E-state index in [4.69, 9.17) is 0 Å². The molecule has 0 heterocycles. The molecule has 15 heavy (non-hydrogen) atoms. The van der Waals surface area contributed by atoms with E-state index in [0.29, 0.717) is 12.8 Å². The molecule has 0 fully saturated rings. The van der Waals surface area contributed by atoms with E-state index >= 15 is 0 Å². The van der Waals surface area contributed by atoms with E-state index in [1.165, 1.54) is 0 Å². The van der Waals surface area contributed by atoms with Crippen LogP contribution in [0.2, 0.25) is 0 Å². The van der Waals surface area contributed by atoms with Crippen molar-refractivity contribution in [1.29, 1.82) is 0 Å². The molecule has 2 unspecified atom stereocenters. The maximum Gasteiger partial charge on any atom is 2.00 e. The molecule has 0 radical (unpaired) electrons. The van der Waals surface area contributed by atoms with Gasteiger partial charge in [0, 0.05) is 11.9 Å². The summed E-state index contributed by atoms with van der Waals surface area (Å²) in [4.78, 5) is 19.6. The van der Waals surface area contributed by atoms with Crippen molar-refractivity contribution in [2.45, 2.75) is 40.5 Å². The summed E-state index contributed by atoms with van der Waals surface area (Å²) in [5.74, 6) is -2.50. The van der Waals surface area contributed by atoms with Gasteiger partial charge >= 0.3 is 21.1 Å². The van der Waals surface area contributed by atoms with E-state index in [1.54, 1.807) is 13.8 Å². The maximum atomic E-state index is 9.82. The summed E-state index contributed by atoms with van der Waals surface area (Å²) in [5.41, 5.74) is 0. The topological polar surface area (TPSA) is 80.3 Å². The molecule has 0 aliphatic rings. The first-order valence-electron chi connectivity index (χ1n) is 4.78. The van der Waals surface area contributed by atoms with Crippen molar-refractivity contribution in [1.82, 2.24) is 0 Å². The summed E-state index contributed by atoms with van der Waals surface area (Å²) < 4.78 is 0. The van der Waals surface area contributed by atoms with Crippen molar-refractivity contribution < 1.29 is 40.9 Å². The number of carbonyl (C=O) groups is 2. The summed E-state index contributed by atoms with van der Waals surface area (Å²) in [6.07, 6.45) is 1.31. The second-order valence-electron chi connectivity index (χ2n) is 3.26. The summed E-state index contributed by atoms with van der Waals surface area (Å²) in [7, 11) is 0. The van der Waals surface area contributed by atoms with E-state index in [0.717, 1.165) is 0 Å². The summed E-state index contributed by atoms with van der Waals surface area (Å²) in [6.45, 7) is 6.91. The van der Waals surface area contributed by atoms with Crippen LogP contribution in [0.4, 0.5) is 0 Å². The molecular weight excluding hydrogens is 379 g/mol. The summed E-state index contributed by atoms with van der Waals surface area (Å²) in [5, 5.41) is 19.6. The van der Waals surface area contributed by atoms with Crippen LogP contribution in [0.5, 0.6) is 0 Å². The van der Waals surface area contributed by atoms with Gasteiger partial charge in [-0.2, -0.15) is 0 Å². The minimum atomic E-state index is -0.956. The van der Waals surface area contributed by atoms with Gasteiger partial charge in [-0.3, -0.25) is 0 Å². The van der Waals surface area contributed by atoms with Crippen LogP contribution in [0.1, 0.15) is 40.5 Å². The third-order valence-electron chi connectivity index (χ3n) is 2.03. The third-order valence-corrected chi connectivity index (χ3v) is 2.03. The Balaban J connectivity index is -0.000000180. The number of rotatable bonds is 4. The number of carboxylic acid groups (broad SMARTS) is 2. The third kappa shape index (κ3) is 13.6. The minimum absolute atomic E-state index is 0. The van der Waals surface area contributed by atoms with Crippen LogP contribution < -0.4 is 10.2 Å². The van der Waals surface area contributed by atoms with Crippen molar-refractivity contribution in [3.63, 3.8) is 0 Å². The maximum absolute atomic E-state index is 9.82. The van der Waals surface area contributed by atoms with Crippen molar-refractivity contribution in [3.8, 4) is 0 Å². The quantitative estimate of drug-likeness (QED) is 0.645. The molecular formula is C10H18O4Pt. The number of hydrogen-bond acceptors (Lipinski definition) is 4. The van der Waals surface area contributed by atoms with Gasteiger partial charge in [-0.1, -0.05) is 27.7 Å². The number of hydrogen-bond donors (Lipinski definition) is 0. The van der Waals surface area contributed by atoms with Gasteiger partial charge < -0.3 is 19.8 Å². The molecule has 0 saturated heterocycles. The minimum Gasteiger partial charge on any atom is -0.550 e. The summed E-state index contributed by atoms with van der Waals surface area (Å²) in [6, 6.07) is 0. The molecule has 2 atom stereocenters. The fraction of sp³-hybridized carbons (Fsp3) is 0.800. The van der Waals surface area contributed by atoms with Crippen LogP contribution in [-0.2, 0) is 30.7 Å². The first-order chi connectivity index (χ1) is 6.36. The first kappa shape index (κ1) is 20.1.